The Morgan fingerprint density at radius 3 is 2.37 bits per heavy atom. The molecule has 3 aromatic rings. The van der Waals surface area contributed by atoms with Gasteiger partial charge in [-0.3, -0.25) is 9.78 Å². The Hall–Kier alpha value is -4.53. The van der Waals surface area contributed by atoms with Gasteiger partial charge in [-0.2, -0.15) is 5.10 Å². The van der Waals surface area contributed by atoms with E-state index in [4.69, 9.17) is 19.3 Å². The summed E-state index contributed by atoms with van der Waals surface area (Å²) in [5.74, 6) is 0.415. The number of carbonyl (C=O) groups is 2. The van der Waals surface area contributed by atoms with Crippen LogP contribution in [0.25, 0.3) is 6.08 Å². The molecule has 1 amide bonds. The van der Waals surface area contributed by atoms with Gasteiger partial charge in [0.25, 0.3) is 5.91 Å². The van der Waals surface area contributed by atoms with Crippen LogP contribution in [-0.4, -0.2) is 53.4 Å². The Morgan fingerprint density at radius 1 is 1.00 bits per heavy atom. The normalized spacial score (nSPS) is 19.5. The lowest BCUT2D eigenvalue weighted by molar-refractivity contribution is -0.137. The highest BCUT2D eigenvalue weighted by molar-refractivity contribution is 6.08. The van der Waals surface area contributed by atoms with E-state index in [1.54, 1.807) is 14.2 Å². The average molecular weight is 513 g/mol. The second-order valence-corrected chi connectivity index (χ2v) is 9.05. The topological polar surface area (TPSA) is 103 Å². The molecule has 0 spiro atoms. The summed E-state index contributed by atoms with van der Waals surface area (Å²) in [6, 6.07) is 15.2. The standard InChI is InChI=1S/C29H28N4O5/c1-36-22-10-6-19(7-11-22)16-21-4-3-5-24-27(21)32-33(28(24)20-8-12-23(37-2)13-9-20)26(34)18-38-29(35)25-17-30-14-15-31-25/h6-17,24,28H,3-5,18H2,1-2H3/b21-16-/t24-,28+/m1/s1. The van der Waals surface area contributed by atoms with Crippen LogP contribution in [0.2, 0.25) is 0 Å². The summed E-state index contributed by atoms with van der Waals surface area (Å²) < 4.78 is 15.9. The van der Waals surface area contributed by atoms with E-state index >= 15 is 0 Å². The SMILES string of the molecule is COc1ccc(/C=C2/CCC[C@@H]3C2=NN(C(=O)COC(=O)c2cnccn2)[C@H]3c2ccc(OC)cc2)cc1. The summed E-state index contributed by atoms with van der Waals surface area (Å²) in [5, 5.41) is 6.30. The van der Waals surface area contributed by atoms with Crippen LogP contribution < -0.4 is 9.47 Å². The fourth-order valence-corrected chi connectivity index (χ4v) is 4.91. The molecule has 2 heterocycles. The van der Waals surface area contributed by atoms with Gasteiger partial charge in [-0.1, -0.05) is 24.3 Å². The molecule has 1 fully saturated rings. The van der Waals surface area contributed by atoms with E-state index in [2.05, 4.69) is 16.0 Å². The molecule has 9 nitrogen and oxygen atoms in total. The number of hydrazone groups is 1. The van der Waals surface area contributed by atoms with Gasteiger partial charge in [0.05, 0.1) is 32.2 Å². The highest BCUT2D eigenvalue weighted by Gasteiger charge is 2.43. The number of rotatable bonds is 7. The zero-order valence-electron chi connectivity index (χ0n) is 21.2. The minimum absolute atomic E-state index is 0.0151. The lowest BCUT2D eigenvalue weighted by atomic mass is 9.77. The highest BCUT2D eigenvalue weighted by Crippen LogP contribution is 2.44. The van der Waals surface area contributed by atoms with Crippen molar-refractivity contribution in [3.05, 3.63) is 89.5 Å². The van der Waals surface area contributed by atoms with E-state index < -0.39 is 18.5 Å². The van der Waals surface area contributed by atoms with Crippen molar-refractivity contribution in [2.75, 3.05) is 20.8 Å². The van der Waals surface area contributed by atoms with Crippen LogP contribution in [0.4, 0.5) is 0 Å². The van der Waals surface area contributed by atoms with E-state index in [1.807, 2.05) is 48.5 Å². The maximum atomic E-state index is 13.4. The quantitative estimate of drug-likeness (QED) is 0.430. The summed E-state index contributed by atoms with van der Waals surface area (Å²) in [4.78, 5) is 33.6. The number of nitrogens with zero attached hydrogens (tertiary/aromatic N) is 4. The van der Waals surface area contributed by atoms with Crippen LogP contribution in [0.15, 0.2) is 77.8 Å². The number of fused-ring (bicyclic) bond motifs is 1. The highest BCUT2D eigenvalue weighted by atomic mass is 16.5. The van der Waals surface area contributed by atoms with Crippen LogP contribution in [0.3, 0.4) is 0 Å². The van der Waals surface area contributed by atoms with E-state index in [0.717, 1.165) is 53.2 Å². The molecule has 0 unspecified atom stereocenters. The molecule has 1 aliphatic carbocycles. The monoisotopic (exact) mass is 512 g/mol. The number of methoxy groups -OCH3 is 2. The summed E-state index contributed by atoms with van der Waals surface area (Å²) in [6.45, 7) is -0.455. The van der Waals surface area contributed by atoms with Gasteiger partial charge in [0.2, 0.25) is 0 Å². The second-order valence-electron chi connectivity index (χ2n) is 9.05. The lowest BCUT2D eigenvalue weighted by Gasteiger charge is -2.29. The van der Waals surface area contributed by atoms with Gasteiger partial charge in [0.1, 0.15) is 11.5 Å². The first-order valence-electron chi connectivity index (χ1n) is 12.4. The van der Waals surface area contributed by atoms with Crippen LogP contribution >= 0.6 is 0 Å². The smallest absolute Gasteiger partial charge is 0.359 e. The fraction of sp³-hybridized carbons (Fsp3) is 0.276. The van der Waals surface area contributed by atoms with Gasteiger partial charge < -0.3 is 14.2 Å². The predicted octanol–water partition coefficient (Wildman–Crippen LogP) is 4.47. The number of amides is 1. The Labute approximate surface area is 220 Å². The molecule has 0 radical (unpaired) electrons. The van der Waals surface area contributed by atoms with Crippen molar-refractivity contribution in [2.45, 2.75) is 25.3 Å². The van der Waals surface area contributed by atoms with E-state index in [1.165, 1.54) is 23.6 Å². The largest absolute Gasteiger partial charge is 0.497 e. The molecule has 194 valence electrons. The Morgan fingerprint density at radius 2 is 1.71 bits per heavy atom. The molecule has 9 heteroatoms. The van der Waals surface area contributed by atoms with Crippen molar-refractivity contribution in [1.82, 2.24) is 15.0 Å². The number of benzene rings is 2. The van der Waals surface area contributed by atoms with Gasteiger partial charge in [0, 0.05) is 18.3 Å². The zero-order chi connectivity index (χ0) is 26.5. The Balaban J connectivity index is 1.44. The maximum absolute atomic E-state index is 13.4. The fourth-order valence-electron chi connectivity index (χ4n) is 4.91. The average Bonchev–Trinajstić information content (AvgIpc) is 3.37. The van der Waals surface area contributed by atoms with Crippen LogP contribution in [0.5, 0.6) is 11.5 Å². The van der Waals surface area contributed by atoms with Crippen molar-refractivity contribution in [1.29, 1.82) is 0 Å². The third-order valence-electron chi connectivity index (χ3n) is 6.77. The van der Waals surface area contributed by atoms with Crippen molar-refractivity contribution in [3.8, 4) is 11.5 Å². The van der Waals surface area contributed by atoms with E-state index in [9.17, 15) is 9.59 Å². The number of allylic oxidation sites excluding steroid dienone is 1. The summed E-state index contributed by atoms with van der Waals surface area (Å²) >= 11 is 0. The lowest BCUT2D eigenvalue weighted by Crippen LogP contribution is -2.34. The number of hydrogen-bond acceptors (Lipinski definition) is 8. The van der Waals surface area contributed by atoms with Gasteiger partial charge in [-0.15, -0.1) is 0 Å². The summed E-state index contributed by atoms with van der Waals surface area (Å²) in [7, 11) is 3.26. The molecular weight excluding hydrogens is 484 g/mol. The number of hydrogen-bond donors (Lipinski definition) is 0. The van der Waals surface area contributed by atoms with Crippen LogP contribution in [0, 0.1) is 5.92 Å². The first kappa shape index (κ1) is 25.1. The molecule has 2 atom stereocenters. The van der Waals surface area contributed by atoms with Gasteiger partial charge in [0.15, 0.2) is 12.3 Å². The van der Waals surface area contributed by atoms with Crippen molar-refractivity contribution in [2.24, 2.45) is 11.0 Å². The third-order valence-corrected chi connectivity index (χ3v) is 6.77. The molecule has 1 saturated carbocycles. The van der Waals surface area contributed by atoms with Gasteiger partial charge in [-0.05, 0) is 66.3 Å². The van der Waals surface area contributed by atoms with Crippen molar-refractivity contribution in [3.63, 3.8) is 0 Å². The molecule has 2 aliphatic rings. The van der Waals surface area contributed by atoms with E-state index in [0.29, 0.717) is 0 Å². The van der Waals surface area contributed by atoms with Gasteiger partial charge in [-0.25, -0.2) is 14.8 Å². The minimum Gasteiger partial charge on any atom is -0.497 e. The molecule has 0 bridgehead atoms. The van der Waals surface area contributed by atoms with Crippen molar-refractivity contribution < 1.29 is 23.8 Å². The summed E-state index contributed by atoms with van der Waals surface area (Å²) in [6.07, 6.45) is 9.00. The second kappa shape index (κ2) is 11.2. The molecule has 0 saturated heterocycles. The van der Waals surface area contributed by atoms with Crippen molar-refractivity contribution >= 4 is 23.7 Å². The summed E-state index contributed by atoms with van der Waals surface area (Å²) in [5.41, 5.74) is 4.00. The molecule has 38 heavy (non-hydrogen) atoms. The minimum atomic E-state index is -0.711. The third kappa shape index (κ3) is 5.27. The molecule has 5 rings (SSSR count). The van der Waals surface area contributed by atoms with Crippen LogP contribution in [0.1, 0.15) is 46.9 Å². The molecule has 1 aromatic heterocycles. The van der Waals surface area contributed by atoms with Crippen LogP contribution in [-0.2, 0) is 9.53 Å². The molecule has 0 N–H and O–H groups in total. The number of ether oxygens (including phenoxy) is 3. The molecule has 1 aliphatic heterocycles. The Bertz CT molecular complexity index is 1350. The van der Waals surface area contributed by atoms with E-state index in [-0.39, 0.29) is 17.7 Å². The zero-order valence-corrected chi connectivity index (χ0v) is 21.2. The number of carbonyl (C=O) groups excluding carboxylic acids is 2. The Kier molecular flexibility index (Phi) is 7.44. The molecule has 2 aromatic carbocycles. The van der Waals surface area contributed by atoms with Gasteiger partial charge >= 0.3 is 5.97 Å². The first-order chi connectivity index (χ1) is 18.6. The first-order valence-corrected chi connectivity index (χ1v) is 12.4. The number of esters is 1. The molecular formula is C29H28N4O5. The maximum Gasteiger partial charge on any atom is 0.359 e. The number of aromatic nitrogens is 2. The predicted molar refractivity (Wildman–Crippen MR) is 141 cm³/mol.